The Morgan fingerprint density at radius 1 is 1.50 bits per heavy atom. The van der Waals surface area contributed by atoms with Crippen LogP contribution < -0.4 is 5.73 Å². The van der Waals surface area contributed by atoms with Crippen LogP contribution in [0.15, 0.2) is 24.3 Å². The number of halogens is 1. The SMILES string of the molecule is CCC(C)(N)C(=O)c1ccccc1F. The molecule has 3 heteroatoms. The summed E-state index contributed by atoms with van der Waals surface area (Å²) < 4.78 is 13.2. The van der Waals surface area contributed by atoms with Crippen molar-refractivity contribution < 1.29 is 9.18 Å². The minimum atomic E-state index is -0.984. The van der Waals surface area contributed by atoms with Crippen LogP contribution in [0.2, 0.25) is 0 Å². The molecule has 76 valence electrons. The number of rotatable bonds is 3. The van der Waals surface area contributed by atoms with E-state index >= 15 is 0 Å². The predicted molar refractivity (Wildman–Crippen MR) is 53.6 cm³/mol. The third kappa shape index (κ3) is 1.99. The van der Waals surface area contributed by atoms with E-state index in [0.29, 0.717) is 6.42 Å². The fraction of sp³-hybridized carbons (Fsp3) is 0.364. The van der Waals surface area contributed by atoms with E-state index in [1.165, 1.54) is 12.1 Å². The van der Waals surface area contributed by atoms with Crippen LogP contribution in [0.25, 0.3) is 0 Å². The molecule has 1 aromatic carbocycles. The minimum absolute atomic E-state index is 0.0688. The van der Waals surface area contributed by atoms with Crippen LogP contribution >= 0.6 is 0 Å². The second-order valence-corrected chi connectivity index (χ2v) is 3.58. The molecule has 1 atom stereocenters. The van der Waals surface area contributed by atoms with Gasteiger partial charge in [-0.1, -0.05) is 19.1 Å². The van der Waals surface area contributed by atoms with E-state index in [1.54, 1.807) is 26.0 Å². The van der Waals surface area contributed by atoms with Crippen LogP contribution in [0, 0.1) is 5.82 Å². The summed E-state index contributed by atoms with van der Waals surface area (Å²) in [6, 6.07) is 5.89. The molecule has 0 aliphatic rings. The summed E-state index contributed by atoms with van der Waals surface area (Å²) in [5.74, 6) is -0.860. The van der Waals surface area contributed by atoms with Gasteiger partial charge in [-0.3, -0.25) is 4.79 Å². The van der Waals surface area contributed by atoms with E-state index in [-0.39, 0.29) is 11.3 Å². The maximum absolute atomic E-state index is 13.2. The summed E-state index contributed by atoms with van der Waals surface area (Å²) in [5, 5.41) is 0. The lowest BCUT2D eigenvalue weighted by Crippen LogP contribution is -2.44. The number of carbonyl (C=O) groups excluding carboxylic acids is 1. The van der Waals surface area contributed by atoms with Gasteiger partial charge in [0.25, 0.3) is 0 Å². The Kier molecular flexibility index (Phi) is 3.01. The number of carbonyl (C=O) groups is 1. The molecule has 0 heterocycles. The lowest BCUT2D eigenvalue weighted by molar-refractivity contribution is 0.0893. The number of hydrogen-bond acceptors (Lipinski definition) is 2. The number of hydrogen-bond donors (Lipinski definition) is 1. The summed E-state index contributed by atoms with van der Waals surface area (Å²) in [6.07, 6.45) is 0.486. The Balaban J connectivity index is 3.07. The number of nitrogens with two attached hydrogens (primary N) is 1. The van der Waals surface area contributed by atoms with E-state index in [2.05, 4.69) is 0 Å². The lowest BCUT2D eigenvalue weighted by atomic mass is 9.90. The van der Waals surface area contributed by atoms with Gasteiger partial charge in [0, 0.05) is 0 Å². The van der Waals surface area contributed by atoms with E-state index in [4.69, 9.17) is 5.73 Å². The molecule has 0 fully saturated rings. The molecule has 0 aromatic heterocycles. The zero-order valence-corrected chi connectivity index (χ0v) is 8.38. The largest absolute Gasteiger partial charge is 0.319 e. The topological polar surface area (TPSA) is 43.1 Å². The van der Waals surface area contributed by atoms with Gasteiger partial charge in [-0.2, -0.15) is 0 Å². The molecule has 0 saturated carbocycles. The van der Waals surface area contributed by atoms with Crippen molar-refractivity contribution in [3.8, 4) is 0 Å². The Morgan fingerprint density at radius 2 is 2.07 bits per heavy atom. The van der Waals surface area contributed by atoms with Crippen LogP contribution in [0.5, 0.6) is 0 Å². The van der Waals surface area contributed by atoms with Crippen LogP contribution in [0.3, 0.4) is 0 Å². The van der Waals surface area contributed by atoms with Gasteiger partial charge >= 0.3 is 0 Å². The van der Waals surface area contributed by atoms with Gasteiger partial charge in [-0.15, -0.1) is 0 Å². The first kappa shape index (κ1) is 10.9. The van der Waals surface area contributed by atoms with Gasteiger partial charge < -0.3 is 5.73 Å². The Bertz CT molecular complexity index is 347. The van der Waals surface area contributed by atoms with Crippen LogP contribution in [-0.2, 0) is 0 Å². The summed E-state index contributed by atoms with van der Waals surface area (Å²) in [6.45, 7) is 3.42. The quantitative estimate of drug-likeness (QED) is 0.751. The zero-order chi connectivity index (χ0) is 10.8. The molecule has 14 heavy (non-hydrogen) atoms. The van der Waals surface area contributed by atoms with Crippen LogP contribution in [-0.4, -0.2) is 11.3 Å². The van der Waals surface area contributed by atoms with Gasteiger partial charge in [0.15, 0.2) is 5.78 Å². The van der Waals surface area contributed by atoms with Gasteiger partial charge in [0.1, 0.15) is 5.82 Å². The maximum Gasteiger partial charge on any atom is 0.185 e. The second kappa shape index (κ2) is 3.88. The molecule has 0 radical (unpaired) electrons. The highest BCUT2D eigenvalue weighted by Crippen LogP contribution is 2.16. The first-order valence-corrected chi connectivity index (χ1v) is 4.57. The van der Waals surface area contributed by atoms with Crippen molar-refractivity contribution in [2.24, 2.45) is 5.73 Å². The van der Waals surface area contributed by atoms with E-state index in [0.717, 1.165) is 0 Å². The second-order valence-electron chi connectivity index (χ2n) is 3.58. The summed E-state index contributed by atoms with van der Waals surface area (Å²) >= 11 is 0. The number of Topliss-reactive ketones (excluding diaryl/α,β-unsaturated/α-hetero) is 1. The lowest BCUT2D eigenvalue weighted by Gasteiger charge is -2.20. The maximum atomic E-state index is 13.2. The highest BCUT2D eigenvalue weighted by molar-refractivity contribution is 6.02. The molecule has 0 bridgehead atoms. The standard InChI is InChI=1S/C11H14FNO/c1-3-11(2,13)10(14)8-6-4-5-7-9(8)12/h4-7H,3,13H2,1-2H3. The van der Waals surface area contributed by atoms with Crippen LogP contribution in [0.4, 0.5) is 4.39 Å². The minimum Gasteiger partial charge on any atom is -0.319 e. The Morgan fingerprint density at radius 3 is 2.57 bits per heavy atom. The molecule has 1 aromatic rings. The van der Waals surface area contributed by atoms with Crippen molar-refractivity contribution in [3.05, 3.63) is 35.6 Å². The summed E-state index contributed by atoms with van der Waals surface area (Å²) in [4.78, 5) is 11.8. The fourth-order valence-electron chi connectivity index (χ4n) is 1.11. The first-order chi connectivity index (χ1) is 6.49. The molecule has 0 amide bonds. The smallest absolute Gasteiger partial charge is 0.185 e. The number of ketones is 1. The van der Waals surface area contributed by atoms with E-state index in [9.17, 15) is 9.18 Å². The van der Waals surface area contributed by atoms with Crippen molar-refractivity contribution in [1.82, 2.24) is 0 Å². The van der Waals surface area contributed by atoms with Crippen molar-refractivity contribution in [2.75, 3.05) is 0 Å². The van der Waals surface area contributed by atoms with Gasteiger partial charge in [-0.25, -0.2) is 4.39 Å². The first-order valence-electron chi connectivity index (χ1n) is 4.57. The molecule has 2 N–H and O–H groups in total. The third-order valence-electron chi connectivity index (χ3n) is 2.37. The summed E-state index contributed by atoms with van der Waals surface area (Å²) in [7, 11) is 0. The monoisotopic (exact) mass is 195 g/mol. The fourth-order valence-corrected chi connectivity index (χ4v) is 1.11. The normalized spacial score (nSPS) is 14.9. The van der Waals surface area contributed by atoms with Crippen molar-refractivity contribution in [2.45, 2.75) is 25.8 Å². The van der Waals surface area contributed by atoms with E-state index < -0.39 is 11.4 Å². The van der Waals surface area contributed by atoms with Crippen molar-refractivity contribution >= 4 is 5.78 Å². The molecule has 2 nitrogen and oxygen atoms in total. The zero-order valence-electron chi connectivity index (χ0n) is 8.38. The number of benzene rings is 1. The molecule has 1 unspecified atom stereocenters. The summed E-state index contributed by atoms with van der Waals surface area (Å²) in [5.41, 5.74) is 4.83. The van der Waals surface area contributed by atoms with Crippen molar-refractivity contribution in [3.63, 3.8) is 0 Å². The van der Waals surface area contributed by atoms with Gasteiger partial charge in [0.05, 0.1) is 11.1 Å². The highest BCUT2D eigenvalue weighted by atomic mass is 19.1. The molecule has 1 rings (SSSR count). The van der Waals surface area contributed by atoms with Gasteiger partial charge in [0.2, 0.25) is 0 Å². The average molecular weight is 195 g/mol. The molecular weight excluding hydrogens is 181 g/mol. The molecule has 0 aliphatic heterocycles. The van der Waals surface area contributed by atoms with Crippen molar-refractivity contribution in [1.29, 1.82) is 0 Å². The Labute approximate surface area is 82.9 Å². The highest BCUT2D eigenvalue weighted by Gasteiger charge is 2.28. The molecule has 0 spiro atoms. The van der Waals surface area contributed by atoms with E-state index in [1.807, 2.05) is 0 Å². The molecule has 0 saturated heterocycles. The molecular formula is C11H14FNO. The van der Waals surface area contributed by atoms with Gasteiger partial charge in [-0.05, 0) is 25.5 Å². The third-order valence-corrected chi connectivity index (χ3v) is 2.37. The van der Waals surface area contributed by atoms with Crippen LogP contribution in [0.1, 0.15) is 30.6 Å². The Hall–Kier alpha value is -1.22. The average Bonchev–Trinajstić information content (AvgIpc) is 2.17. The molecule has 0 aliphatic carbocycles. The predicted octanol–water partition coefficient (Wildman–Crippen LogP) is 2.14.